The number of nitrogens with one attached hydrogen (secondary N) is 1. The summed E-state index contributed by atoms with van der Waals surface area (Å²) in [6.07, 6.45) is 0.898. The second kappa shape index (κ2) is 5.51. The zero-order valence-corrected chi connectivity index (χ0v) is 11.8. The molecule has 0 fully saturated rings. The van der Waals surface area contributed by atoms with Gasteiger partial charge in [0.2, 0.25) is 5.76 Å². The third-order valence-electron chi connectivity index (χ3n) is 3.39. The molecular weight excluding hydrogens is 252 g/mol. The van der Waals surface area contributed by atoms with Gasteiger partial charge in [-0.3, -0.25) is 0 Å². The monoisotopic (exact) mass is 270 g/mol. The highest BCUT2D eigenvalue weighted by atomic mass is 16.5. The van der Waals surface area contributed by atoms with Crippen LogP contribution in [0, 0.1) is 0 Å². The van der Waals surface area contributed by atoms with Crippen molar-refractivity contribution in [3.8, 4) is 11.5 Å². The maximum atomic E-state index is 5.94. The molecule has 0 saturated heterocycles. The fourth-order valence-electron chi connectivity index (χ4n) is 2.40. The van der Waals surface area contributed by atoms with Gasteiger partial charge in [-0.1, -0.05) is 37.2 Å². The smallest absolute Gasteiger partial charge is 0.202 e. The Balaban J connectivity index is 2.02. The summed E-state index contributed by atoms with van der Waals surface area (Å²) in [6, 6.07) is 10.0. The van der Waals surface area contributed by atoms with Crippen LogP contribution < -0.4 is 5.32 Å². The van der Waals surface area contributed by atoms with E-state index < -0.39 is 0 Å². The van der Waals surface area contributed by atoms with Gasteiger partial charge >= 0.3 is 0 Å². The Morgan fingerprint density at radius 1 is 1.20 bits per heavy atom. The van der Waals surface area contributed by atoms with Gasteiger partial charge in [0.25, 0.3) is 0 Å². The number of hydrogen-bond donors (Lipinski definition) is 1. The molecule has 0 aliphatic carbocycles. The first-order valence-electron chi connectivity index (χ1n) is 7.00. The van der Waals surface area contributed by atoms with Crippen LogP contribution in [0.15, 0.2) is 39.3 Å². The lowest BCUT2D eigenvalue weighted by Crippen LogP contribution is -2.11. The van der Waals surface area contributed by atoms with Crippen molar-refractivity contribution in [3.63, 3.8) is 0 Å². The van der Waals surface area contributed by atoms with Crippen LogP contribution in [-0.2, 0) is 13.0 Å². The highest BCUT2D eigenvalue weighted by molar-refractivity contribution is 5.87. The van der Waals surface area contributed by atoms with Crippen molar-refractivity contribution in [2.24, 2.45) is 0 Å². The van der Waals surface area contributed by atoms with E-state index in [0.29, 0.717) is 12.3 Å². The van der Waals surface area contributed by atoms with Gasteiger partial charge in [0.15, 0.2) is 5.76 Å². The summed E-state index contributed by atoms with van der Waals surface area (Å²) in [5.41, 5.74) is 2.96. The van der Waals surface area contributed by atoms with Crippen molar-refractivity contribution in [2.45, 2.75) is 26.8 Å². The van der Waals surface area contributed by atoms with Gasteiger partial charge in [0, 0.05) is 23.6 Å². The number of nitrogens with zero attached hydrogens (tertiary/aromatic N) is 1. The standard InChI is InChI=1S/C16H18N2O2/c1-3-12-13-7-5-6-8-14(13)19-16(12)15-9-11(18-20-15)10-17-4-2/h5-9,17H,3-4,10H2,1-2H3. The van der Waals surface area contributed by atoms with Gasteiger partial charge in [-0.05, 0) is 19.0 Å². The number of rotatable bonds is 5. The largest absolute Gasteiger partial charge is 0.452 e. The molecular formula is C16H18N2O2. The third kappa shape index (κ3) is 2.23. The molecule has 1 aromatic carbocycles. The van der Waals surface area contributed by atoms with E-state index in [9.17, 15) is 0 Å². The molecule has 3 rings (SSSR count). The van der Waals surface area contributed by atoms with Crippen molar-refractivity contribution >= 4 is 11.0 Å². The Morgan fingerprint density at radius 3 is 2.85 bits per heavy atom. The van der Waals surface area contributed by atoms with Crippen molar-refractivity contribution < 1.29 is 8.94 Å². The van der Waals surface area contributed by atoms with Gasteiger partial charge in [-0.2, -0.15) is 0 Å². The van der Waals surface area contributed by atoms with Gasteiger partial charge in [-0.15, -0.1) is 0 Å². The maximum absolute atomic E-state index is 5.94. The molecule has 2 heterocycles. The molecule has 3 aromatic rings. The minimum absolute atomic E-state index is 0.700. The van der Waals surface area contributed by atoms with Crippen LogP contribution in [-0.4, -0.2) is 11.7 Å². The number of para-hydroxylation sites is 1. The minimum Gasteiger partial charge on any atom is -0.452 e. The average Bonchev–Trinajstić information content (AvgIpc) is 3.08. The number of benzene rings is 1. The van der Waals surface area contributed by atoms with Crippen molar-refractivity contribution in [3.05, 3.63) is 41.6 Å². The maximum Gasteiger partial charge on any atom is 0.202 e. The number of hydrogen-bond acceptors (Lipinski definition) is 4. The van der Waals surface area contributed by atoms with Crippen LogP contribution >= 0.6 is 0 Å². The number of furan rings is 1. The van der Waals surface area contributed by atoms with Crippen LogP contribution in [0.2, 0.25) is 0 Å². The highest BCUT2D eigenvalue weighted by Crippen LogP contribution is 2.34. The molecule has 0 radical (unpaired) electrons. The van der Waals surface area contributed by atoms with Crippen LogP contribution in [0.5, 0.6) is 0 Å². The third-order valence-corrected chi connectivity index (χ3v) is 3.39. The molecule has 4 heteroatoms. The molecule has 0 unspecified atom stereocenters. The fourth-order valence-corrected chi connectivity index (χ4v) is 2.40. The average molecular weight is 270 g/mol. The predicted octanol–water partition coefficient (Wildman–Crippen LogP) is 3.76. The van der Waals surface area contributed by atoms with Gasteiger partial charge in [-0.25, -0.2) is 0 Å². The molecule has 0 spiro atoms. The van der Waals surface area contributed by atoms with E-state index in [0.717, 1.165) is 35.4 Å². The first-order chi connectivity index (χ1) is 9.83. The molecule has 0 saturated carbocycles. The highest BCUT2D eigenvalue weighted by Gasteiger charge is 2.18. The summed E-state index contributed by atoms with van der Waals surface area (Å²) in [7, 11) is 0. The Labute approximate surface area is 117 Å². The SMILES string of the molecule is CCNCc1cc(-c2oc3ccccc3c2CC)on1. The van der Waals surface area contributed by atoms with E-state index in [4.69, 9.17) is 8.94 Å². The normalized spacial score (nSPS) is 11.3. The Morgan fingerprint density at radius 2 is 2.05 bits per heavy atom. The topological polar surface area (TPSA) is 51.2 Å². The predicted molar refractivity (Wildman–Crippen MR) is 78.5 cm³/mol. The number of aryl methyl sites for hydroxylation is 1. The molecule has 0 bridgehead atoms. The summed E-state index contributed by atoms with van der Waals surface area (Å²) in [4.78, 5) is 0. The Hall–Kier alpha value is -2.07. The first kappa shape index (κ1) is 12.9. The fraction of sp³-hybridized carbons (Fsp3) is 0.312. The Bertz CT molecular complexity index is 712. The van der Waals surface area contributed by atoms with E-state index in [2.05, 4.69) is 30.4 Å². The van der Waals surface area contributed by atoms with Crippen molar-refractivity contribution in [1.82, 2.24) is 10.5 Å². The lowest BCUT2D eigenvalue weighted by atomic mass is 10.1. The van der Waals surface area contributed by atoms with Gasteiger partial charge < -0.3 is 14.3 Å². The summed E-state index contributed by atoms with van der Waals surface area (Å²) in [5.74, 6) is 1.50. The molecule has 0 aliphatic rings. The quantitative estimate of drug-likeness (QED) is 0.767. The molecule has 0 atom stereocenters. The van der Waals surface area contributed by atoms with Crippen molar-refractivity contribution in [2.75, 3.05) is 6.54 Å². The molecule has 104 valence electrons. The lowest BCUT2D eigenvalue weighted by Gasteiger charge is -1.95. The zero-order valence-electron chi connectivity index (χ0n) is 11.8. The van der Waals surface area contributed by atoms with E-state index in [1.165, 1.54) is 5.56 Å². The Kier molecular flexibility index (Phi) is 3.56. The number of aromatic nitrogens is 1. The van der Waals surface area contributed by atoms with Crippen LogP contribution in [0.4, 0.5) is 0 Å². The van der Waals surface area contributed by atoms with E-state index in [1.807, 2.05) is 24.3 Å². The summed E-state index contributed by atoms with van der Waals surface area (Å²) >= 11 is 0. The lowest BCUT2D eigenvalue weighted by molar-refractivity contribution is 0.410. The van der Waals surface area contributed by atoms with E-state index >= 15 is 0 Å². The van der Waals surface area contributed by atoms with Crippen molar-refractivity contribution in [1.29, 1.82) is 0 Å². The molecule has 2 aromatic heterocycles. The molecule has 4 nitrogen and oxygen atoms in total. The van der Waals surface area contributed by atoms with Crippen LogP contribution in [0.1, 0.15) is 25.1 Å². The minimum atomic E-state index is 0.700. The van der Waals surface area contributed by atoms with Crippen LogP contribution in [0.3, 0.4) is 0 Å². The summed E-state index contributed by atoms with van der Waals surface area (Å²) < 4.78 is 11.4. The molecule has 1 N–H and O–H groups in total. The second-order valence-corrected chi connectivity index (χ2v) is 4.72. The molecule has 20 heavy (non-hydrogen) atoms. The number of fused-ring (bicyclic) bond motifs is 1. The first-order valence-corrected chi connectivity index (χ1v) is 7.00. The van der Waals surface area contributed by atoms with Crippen LogP contribution in [0.25, 0.3) is 22.5 Å². The van der Waals surface area contributed by atoms with E-state index in [1.54, 1.807) is 0 Å². The summed E-state index contributed by atoms with van der Waals surface area (Å²) in [5, 5.41) is 8.46. The van der Waals surface area contributed by atoms with Gasteiger partial charge in [0.05, 0.1) is 5.69 Å². The van der Waals surface area contributed by atoms with Gasteiger partial charge in [0.1, 0.15) is 5.58 Å². The summed E-state index contributed by atoms with van der Waals surface area (Å²) in [6.45, 7) is 5.81. The van der Waals surface area contributed by atoms with E-state index in [-0.39, 0.29) is 0 Å². The molecule has 0 aliphatic heterocycles. The zero-order chi connectivity index (χ0) is 13.9. The second-order valence-electron chi connectivity index (χ2n) is 4.72. The molecule has 0 amide bonds.